The van der Waals surface area contributed by atoms with Crippen molar-refractivity contribution in [3.05, 3.63) is 50.9 Å². The van der Waals surface area contributed by atoms with Crippen LogP contribution in [0.3, 0.4) is 0 Å². The van der Waals surface area contributed by atoms with E-state index in [2.05, 4.69) is 15.3 Å². The third-order valence-electron chi connectivity index (χ3n) is 2.90. The van der Waals surface area contributed by atoms with Gasteiger partial charge in [-0.15, -0.1) is 0 Å². The van der Waals surface area contributed by atoms with Gasteiger partial charge in [-0.1, -0.05) is 40.9 Å². The molecule has 0 radical (unpaired) electrons. The van der Waals surface area contributed by atoms with Gasteiger partial charge < -0.3 is 15.5 Å². The van der Waals surface area contributed by atoms with Gasteiger partial charge in [0.25, 0.3) is 0 Å². The van der Waals surface area contributed by atoms with Crippen molar-refractivity contribution in [2.45, 2.75) is 12.5 Å². The SMILES string of the molecule is OCC(O)c1nc(Cl)cc(NCCc2ccc(Cl)cc2Cl)n1. The summed E-state index contributed by atoms with van der Waals surface area (Å²) in [7, 11) is 0. The molecule has 0 amide bonds. The molecule has 0 bridgehead atoms. The van der Waals surface area contributed by atoms with Crippen molar-refractivity contribution in [3.8, 4) is 0 Å². The van der Waals surface area contributed by atoms with Crippen molar-refractivity contribution in [2.75, 3.05) is 18.5 Å². The van der Waals surface area contributed by atoms with E-state index in [1.165, 1.54) is 0 Å². The van der Waals surface area contributed by atoms with Gasteiger partial charge >= 0.3 is 0 Å². The Balaban J connectivity index is 2.01. The van der Waals surface area contributed by atoms with E-state index < -0.39 is 12.7 Å². The number of aliphatic hydroxyl groups is 2. The fraction of sp³-hybridized carbons (Fsp3) is 0.286. The summed E-state index contributed by atoms with van der Waals surface area (Å²) in [4.78, 5) is 7.96. The van der Waals surface area contributed by atoms with E-state index in [9.17, 15) is 5.11 Å². The second-order valence-electron chi connectivity index (χ2n) is 4.54. The molecule has 1 aromatic carbocycles. The highest BCUT2D eigenvalue weighted by atomic mass is 35.5. The topological polar surface area (TPSA) is 78.3 Å². The Kier molecular flexibility index (Phi) is 6.23. The van der Waals surface area contributed by atoms with Crippen molar-refractivity contribution in [1.29, 1.82) is 0 Å². The van der Waals surface area contributed by atoms with Gasteiger partial charge in [-0.25, -0.2) is 9.97 Å². The molecular weight excluding hydrogens is 349 g/mol. The molecule has 0 fully saturated rings. The largest absolute Gasteiger partial charge is 0.393 e. The van der Waals surface area contributed by atoms with Crippen molar-refractivity contribution in [1.82, 2.24) is 9.97 Å². The van der Waals surface area contributed by atoms with Gasteiger partial charge in [0.2, 0.25) is 0 Å². The number of halogens is 3. The van der Waals surface area contributed by atoms with Gasteiger partial charge in [0, 0.05) is 22.7 Å². The average molecular weight is 363 g/mol. The van der Waals surface area contributed by atoms with Crippen LogP contribution < -0.4 is 5.32 Å². The highest BCUT2D eigenvalue weighted by Crippen LogP contribution is 2.21. The van der Waals surface area contributed by atoms with Crippen molar-refractivity contribution in [3.63, 3.8) is 0 Å². The molecule has 118 valence electrons. The number of hydrogen-bond donors (Lipinski definition) is 3. The molecule has 0 aliphatic heterocycles. The van der Waals surface area contributed by atoms with E-state index in [1.807, 2.05) is 6.07 Å². The second-order valence-corrected chi connectivity index (χ2v) is 5.78. The van der Waals surface area contributed by atoms with E-state index in [0.717, 1.165) is 5.56 Å². The summed E-state index contributed by atoms with van der Waals surface area (Å²) >= 11 is 17.8. The lowest BCUT2D eigenvalue weighted by Gasteiger charge is -2.11. The van der Waals surface area contributed by atoms with Crippen LogP contribution in [0, 0.1) is 0 Å². The van der Waals surface area contributed by atoms with Gasteiger partial charge in [-0.05, 0) is 24.1 Å². The molecule has 1 heterocycles. The lowest BCUT2D eigenvalue weighted by atomic mass is 10.1. The number of hydrogen-bond acceptors (Lipinski definition) is 5. The fourth-order valence-electron chi connectivity index (χ4n) is 1.81. The Morgan fingerprint density at radius 3 is 2.59 bits per heavy atom. The summed E-state index contributed by atoms with van der Waals surface area (Å²) in [6.07, 6.45) is -0.500. The first kappa shape index (κ1) is 17.2. The predicted octanol–water partition coefficient (Wildman–Crippen LogP) is 3.12. The highest BCUT2D eigenvalue weighted by Gasteiger charge is 2.12. The van der Waals surface area contributed by atoms with Gasteiger partial charge in [0.15, 0.2) is 5.82 Å². The van der Waals surface area contributed by atoms with Crippen molar-refractivity contribution in [2.24, 2.45) is 0 Å². The summed E-state index contributed by atoms with van der Waals surface area (Å²) in [5, 5.41) is 22.9. The lowest BCUT2D eigenvalue weighted by molar-refractivity contribution is 0.0887. The summed E-state index contributed by atoms with van der Waals surface area (Å²) in [6.45, 7) is 0.0868. The van der Waals surface area contributed by atoms with Gasteiger partial charge in [0.05, 0.1) is 6.61 Å². The van der Waals surface area contributed by atoms with Crippen LogP contribution in [0.4, 0.5) is 5.82 Å². The molecule has 0 spiro atoms. The maximum Gasteiger partial charge on any atom is 0.163 e. The molecule has 2 rings (SSSR count). The number of aliphatic hydroxyl groups excluding tert-OH is 2. The first-order valence-corrected chi connectivity index (χ1v) is 7.64. The molecule has 0 aliphatic rings. The zero-order valence-electron chi connectivity index (χ0n) is 11.4. The van der Waals surface area contributed by atoms with Crippen LogP contribution in [0.25, 0.3) is 0 Å². The second kappa shape index (κ2) is 7.94. The van der Waals surface area contributed by atoms with Crippen LogP contribution in [0.15, 0.2) is 24.3 Å². The molecule has 0 saturated carbocycles. The van der Waals surface area contributed by atoms with E-state index in [1.54, 1.807) is 18.2 Å². The third-order valence-corrected chi connectivity index (χ3v) is 3.68. The van der Waals surface area contributed by atoms with Crippen LogP contribution >= 0.6 is 34.8 Å². The van der Waals surface area contributed by atoms with Gasteiger partial charge in [-0.2, -0.15) is 0 Å². The molecule has 3 N–H and O–H groups in total. The maximum atomic E-state index is 9.55. The molecule has 2 aromatic rings. The smallest absolute Gasteiger partial charge is 0.163 e. The van der Waals surface area contributed by atoms with Gasteiger partial charge in [-0.3, -0.25) is 0 Å². The summed E-state index contributed by atoms with van der Waals surface area (Å²) < 4.78 is 0. The van der Waals surface area contributed by atoms with Crippen LogP contribution in [0.2, 0.25) is 15.2 Å². The number of anilines is 1. The van der Waals surface area contributed by atoms with Crippen LogP contribution in [0.1, 0.15) is 17.5 Å². The van der Waals surface area contributed by atoms with Crippen molar-refractivity contribution >= 4 is 40.6 Å². The standard InChI is InChI=1S/C14H14Cl3N3O2/c15-9-2-1-8(10(16)5-9)3-4-18-13-6-12(17)19-14(20-13)11(22)7-21/h1-2,5-6,11,21-22H,3-4,7H2,(H,18,19,20). The number of benzene rings is 1. The predicted molar refractivity (Wildman–Crippen MR) is 87.7 cm³/mol. The Morgan fingerprint density at radius 2 is 1.91 bits per heavy atom. The zero-order valence-corrected chi connectivity index (χ0v) is 13.7. The zero-order chi connectivity index (χ0) is 16.1. The van der Waals surface area contributed by atoms with Crippen LogP contribution in [0.5, 0.6) is 0 Å². The molecule has 22 heavy (non-hydrogen) atoms. The monoisotopic (exact) mass is 361 g/mol. The molecule has 1 unspecified atom stereocenters. The van der Waals surface area contributed by atoms with E-state index in [0.29, 0.717) is 28.8 Å². The first-order chi connectivity index (χ1) is 10.5. The summed E-state index contributed by atoms with van der Waals surface area (Å²) in [5.41, 5.74) is 0.953. The fourth-order valence-corrected chi connectivity index (χ4v) is 2.50. The molecule has 5 nitrogen and oxygen atoms in total. The Labute approximate surface area is 142 Å². The first-order valence-electron chi connectivity index (χ1n) is 6.51. The molecule has 1 aromatic heterocycles. The molecule has 8 heteroatoms. The lowest BCUT2D eigenvalue weighted by Crippen LogP contribution is -2.12. The normalized spacial score (nSPS) is 12.2. The van der Waals surface area contributed by atoms with Crippen LogP contribution in [-0.2, 0) is 6.42 Å². The minimum atomic E-state index is -1.16. The summed E-state index contributed by atoms with van der Waals surface area (Å²) in [5.74, 6) is 0.537. The summed E-state index contributed by atoms with van der Waals surface area (Å²) in [6, 6.07) is 6.87. The number of nitrogens with zero attached hydrogens (tertiary/aromatic N) is 2. The Morgan fingerprint density at radius 1 is 1.14 bits per heavy atom. The van der Waals surface area contributed by atoms with E-state index in [4.69, 9.17) is 39.9 Å². The highest BCUT2D eigenvalue weighted by molar-refractivity contribution is 6.35. The minimum Gasteiger partial charge on any atom is -0.393 e. The van der Waals surface area contributed by atoms with Gasteiger partial charge in [0.1, 0.15) is 17.1 Å². The molecular formula is C14H14Cl3N3O2. The number of rotatable bonds is 6. The maximum absolute atomic E-state index is 9.55. The Hall–Kier alpha value is -1.11. The molecule has 1 atom stereocenters. The Bertz CT molecular complexity index is 655. The van der Waals surface area contributed by atoms with Crippen molar-refractivity contribution < 1.29 is 10.2 Å². The average Bonchev–Trinajstić information content (AvgIpc) is 2.48. The molecule has 0 aliphatic carbocycles. The molecule has 0 saturated heterocycles. The quantitative estimate of drug-likeness (QED) is 0.688. The number of nitrogens with one attached hydrogen (secondary N) is 1. The third kappa shape index (κ3) is 4.69. The van der Waals surface area contributed by atoms with E-state index in [-0.39, 0.29) is 11.0 Å². The van der Waals surface area contributed by atoms with E-state index >= 15 is 0 Å². The minimum absolute atomic E-state index is 0.0713. The van der Waals surface area contributed by atoms with Crippen LogP contribution in [-0.4, -0.2) is 33.3 Å². The number of aromatic nitrogens is 2.